The van der Waals surface area contributed by atoms with E-state index in [0.717, 1.165) is 22.5 Å². The van der Waals surface area contributed by atoms with Gasteiger partial charge >= 0.3 is 0 Å². The maximum Gasteiger partial charge on any atom is 0.164 e. The molecule has 0 unspecified atom stereocenters. The van der Waals surface area contributed by atoms with Crippen LogP contribution < -0.4 is 0 Å². The van der Waals surface area contributed by atoms with Gasteiger partial charge in [0, 0.05) is 17.8 Å². The first-order valence-electron chi connectivity index (χ1n) is 5.08. The molecule has 0 aliphatic rings. The van der Waals surface area contributed by atoms with Crippen LogP contribution in [0, 0.1) is 6.92 Å². The standard InChI is InChI=1S/C12H10N4/c1-9-10-5-4-8-14-12(10)16(15-9)11-6-2-3-7-13-11/h2-8H,1H3. The highest BCUT2D eigenvalue weighted by atomic mass is 15.3. The summed E-state index contributed by atoms with van der Waals surface area (Å²) in [7, 11) is 0. The Bertz CT molecular complexity index is 628. The van der Waals surface area contributed by atoms with E-state index in [1.807, 2.05) is 37.3 Å². The van der Waals surface area contributed by atoms with Gasteiger partial charge in [-0.1, -0.05) is 6.07 Å². The quantitative estimate of drug-likeness (QED) is 0.618. The molecule has 0 amide bonds. The molecular formula is C12H10N4. The maximum absolute atomic E-state index is 4.45. The Kier molecular flexibility index (Phi) is 1.93. The maximum atomic E-state index is 4.45. The lowest BCUT2D eigenvalue weighted by Gasteiger charge is -1.99. The monoisotopic (exact) mass is 210 g/mol. The number of aromatic nitrogens is 4. The molecular weight excluding hydrogens is 200 g/mol. The van der Waals surface area contributed by atoms with Crippen LogP contribution >= 0.6 is 0 Å². The van der Waals surface area contributed by atoms with E-state index in [1.54, 1.807) is 17.1 Å². The van der Waals surface area contributed by atoms with Crippen LogP contribution in [0.15, 0.2) is 42.7 Å². The number of aryl methyl sites for hydroxylation is 1. The van der Waals surface area contributed by atoms with Crippen LogP contribution in [0.5, 0.6) is 0 Å². The fourth-order valence-electron chi connectivity index (χ4n) is 1.74. The molecule has 0 atom stereocenters. The molecule has 3 aromatic rings. The Hall–Kier alpha value is -2.23. The van der Waals surface area contributed by atoms with E-state index < -0.39 is 0 Å². The lowest BCUT2D eigenvalue weighted by atomic mass is 10.3. The van der Waals surface area contributed by atoms with Crippen molar-refractivity contribution >= 4 is 11.0 Å². The van der Waals surface area contributed by atoms with Gasteiger partial charge in [-0.25, -0.2) is 9.97 Å². The highest BCUT2D eigenvalue weighted by Gasteiger charge is 2.09. The smallest absolute Gasteiger partial charge is 0.164 e. The number of rotatable bonds is 1. The van der Waals surface area contributed by atoms with Gasteiger partial charge in [0.25, 0.3) is 0 Å². The average molecular weight is 210 g/mol. The molecule has 3 aromatic heterocycles. The molecule has 4 heteroatoms. The van der Waals surface area contributed by atoms with Crippen molar-refractivity contribution in [3.63, 3.8) is 0 Å². The number of pyridine rings is 2. The van der Waals surface area contributed by atoms with Gasteiger partial charge in [-0.15, -0.1) is 0 Å². The molecule has 0 N–H and O–H groups in total. The van der Waals surface area contributed by atoms with Crippen molar-refractivity contribution in [2.45, 2.75) is 6.92 Å². The molecule has 0 saturated carbocycles. The summed E-state index contributed by atoms with van der Waals surface area (Å²) in [5.41, 5.74) is 1.81. The highest BCUT2D eigenvalue weighted by Crippen LogP contribution is 2.17. The van der Waals surface area contributed by atoms with Crippen molar-refractivity contribution in [2.75, 3.05) is 0 Å². The Balaban J connectivity index is 2.33. The minimum absolute atomic E-state index is 0.791. The molecule has 4 nitrogen and oxygen atoms in total. The molecule has 78 valence electrons. The average Bonchev–Trinajstić information content (AvgIpc) is 2.69. The summed E-state index contributed by atoms with van der Waals surface area (Å²) >= 11 is 0. The highest BCUT2D eigenvalue weighted by molar-refractivity contribution is 5.79. The van der Waals surface area contributed by atoms with Gasteiger partial charge in [0.05, 0.1) is 5.69 Å². The van der Waals surface area contributed by atoms with Crippen molar-refractivity contribution in [1.29, 1.82) is 0 Å². The van der Waals surface area contributed by atoms with E-state index in [4.69, 9.17) is 0 Å². The molecule has 16 heavy (non-hydrogen) atoms. The van der Waals surface area contributed by atoms with Crippen LogP contribution in [0.4, 0.5) is 0 Å². The summed E-state index contributed by atoms with van der Waals surface area (Å²) < 4.78 is 1.77. The molecule has 3 heterocycles. The minimum Gasteiger partial charge on any atom is -0.237 e. The summed E-state index contributed by atoms with van der Waals surface area (Å²) in [5.74, 6) is 0.791. The first-order chi connectivity index (χ1) is 7.86. The third-order valence-electron chi connectivity index (χ3n) is 2.49. The van der Waals surface area contributed by atoms with Gasteiger partial charge in [-0.05, 0) is 31.2 Å². The van der Waals surface area contributed by atoms with Gasteiger partial charge in [0.2, 0.25) is 0 Å². The normalized spacial score (nSPS) is 10.8. The Morgan fingerprint density at radius 1 is 1.00 bits per heavy atom. The molecule has 0 radical (unpaired) electrons. The predicted molar refractivity (Wildman–Crippen MR) is 61.4 cm³/mol. The van der Waals surface area contributed by atoms with Crippen molar-refractivity contribution in [3.8, 4) is 5.82 Å². The minimum atomic E-state index is 0.791. The van der Waals surface area contributed by atoms with Crippen LogP contribution in [0.25, 0.3) is 16.9 Å². The summed E-state index contributed by atoms with van der Waals surface area (Å²) in [4.78, 5) is 8.61. The molecule has 0 saturated heterocycles. The number of hydrogen-bond donors (Lipinski definition) is 0. The first-order valence-corrected chi connectivity index (χ1v) is 5.08. The SMILES string of the molecule is Cc1nn(-c2ccccn2)c2ncccc12. The van der Waals surface area contributed by atoms with E-state index in [1.165, 1.54) is 0 Å². The zero-order valence-electron chi connectivity index (χ0n) is 8.83. The topological polar surface area (TPSA) is 43.6 Å². The van der Waals surface area contributed by atoms with E-state index in [2.05, 4.69) is 15.1 Å². The van der Waals surface area contributed by atoms with Gasteiger partial charge in [-0.2, -0.15) is 9.78 Å². The molecule has 3 rings (SSSR count). The van der Waals surface area contributed by atoms with Crippen molar-refractivity contribution in [1.82, 2.24) is 19.7 Å². The molecule has 0 aliphatic heterocycles. The molecule has 0 spiro atoms. The molecule has 0 fully saturated rings. The Morgan fingerprint density at radius 3 is 2.69 bits per heavy atom. The van der Waals surface area contributed by atoms with Gasteiger partial charge in [0.1, 0.15) is 0 Å². The zero-order valence-corrected chi connectivity index (χ0v) is 8.83. The third-order valence-corrected chi connectivity index (χ3v) is 2.49. The van der Waals surface area contributed by atoms with Crippen molar-refractivity contribution in [2.24, 2.45) is 0 Å². The third kappa shape index (κ3) is 1.27. The van der Waals surface area contributed by atoms with Gasteiger partial charge in [-0.3, -0.25) is 0 Å². The fraction of sp³-hybridized carbons (Fsp3) is 0.0833. The second-order valence-corrected chi connectivity index (χ2v) is 3.56. The van der Waals surface area contributed by atoms with Crippen molar-refractivity contribution in [3.05, 3.63) is 48.4 Å². The van der Waals surface area contributed by atoms with Crippen molar-refractivity contribution < 1.29 is 0 Å². The van der Waals surface area contributed by atoms with Crippen LogP contribution in [-0.2, 0) is 0 Å². The van der Waals surface area contributed by atoms with Crippen LogP contribution in [-0.4, -0.2) is 19.7 Å². The molecule has 0 aromatic carbocycles. The fourth-order valence-corrected chi connectivity index (χ4v) is 1.74. The van der Waals surface area contributed by atoms with Crippen LogP contribution in [0.3, 0.4) is 0 Å². The molecule has 0 bridgehead atoms. The lowest BCUT2D eigenvalue weighted by Crippen LogP contribution is -1.99. The van der Waals surface area contributed by atoms with Crippen LogP contribution in [0.1, 0.15) is 5.69 Å². The van der Waals surface area contributed by atoms with E-state index >= 15 is 0 Å². The summed E-state index contributed by atoms with van der Waals surface area (Å²) in [6, 6.07) is 9.67. The Labute approximate surface area is 92.6 Å². The lowest BCUT2D eigenvalue weighted by molar-refractivity contribution is 0.847. The van der Waals surface area contributed by atoms with Crippen LogP contribution in [0.2, 0.25) is 0 Å². The Morgan fingerprint density at radius 2 is 1.88 bits per heavy atom. The summed E-state index contributed by atoms with van der Waals surface area (Å²) in [5, 5.41) is 5.51. The predicted octanol–water partition coefficient (Wildman–Crippen LogP) is 2.12. The van der Waals surface area contributed by atoms with E-state index in [9.17, 15) is 0 Å². The zero-order chi connectivity index (χ0) is 11.0. The summed E-state index contributed by atoms with van der Waals surface area (Å²) in [6.45, 7) is 1.98. The first kappa shape index (κ1) is 9.03. The summed E-state index contributed by atoms with van der Waals surface area (Å²) in [6.07, 6.45) is 3.52. The number of nitrogens with zero attached hydrogens (tertiary/aromatic N) is 4. The van der Waals surface area contributed by atoms with E-state index in [0.29, 0.717) is 0 Å². The number of fused-ring (bicyclic) bond motifs is 1. The van der Waals surface area contributed by atoms with Gasteiger partial charge < -0.3 is 0 Å². The second kappa shape index (κ2) is 3.41. The number of hydrogen-bond acceptors (Lipinski definition) is 3. The molecule has 0 aliphatic carbocycles. The van der Waals surface area contributed by atoms with Gasteiger partial charge in [0.15, 0.2) is 11.5 Å². The largest absolute Gasteiger partial charge is 0.237 e. The van der Waals surface area contributed by atoms with E-state index in [-0.39, 0.29) is 0 Å². The second-order valence-electron chi connectivity index (χ2n) is 3.56.